The molecule has 0 saturated carbocycles. The molecule has 0 amide bonds. The van der Waals surface area contributed by atoms with Crippen molar-refractivity contribution in [3.8, 4) is 5.75 Å². The Morgan fingerprint density at radius 2 is 1.88 bits per heavy atom. The van der Waals surface area contributed by atoms with Crippen LogP contribution in [0, 0.1) is 5.41 Å². The Morgan fingerprint density at radius 1 is 1.29 bits per heavy atom. The summed E-state index contributed by atoms with van der Waals surface area (Å²) in [7, 11) is 2.07. The summed E-state index contributed by atoms with van der Waals surface area (Å²) >= 11 is 0. The molecule has 96 valence electrons. The Balaban J connectivity index is 2.70. The monoisotopic (exact) mass is 236 g/mol. The van der Waals surface area contributed by atoms with Gasteiger partial charge in [0.1, 0.15) is 5.75 Å². The number of hydrogen-bond acceptors (Lipinski definition) is 3. The highest BCUT2D eigenvalue weighted by molar-refractivity contribution is 5.48. The maximum atomic E-state index is 9.26. The van der Waals surface area contributed by atoms with Gasteiger partial charge < -0.3 is 15.7 Å². The van der Waals surface area contributed by atoms with E-state index in [1.165, 1.54) is 0 Å². The first-order valence-electron chi connectivity index (χ1n) is 6.21. The molecule has 1 unspecified atom stereocenters. The molecule has 1 rings (SSSR count). The molecule has 0 fully saturated rings. The topological polar surface area (TPSA) is 49.5 Å². The Hall–Kier alpha value is -1.22. The van der Waals surface area contributed by atoms with Crippen molar-refractivity contribution in [2.75, 3.05) is 25.0 Å². The van der Waals surface area contributed by atoms with Gasteiger partial charge >= 0.3 is 0 Å². The largest absolute Gasteiger partial charge is 0.508 e. The highest BCUT2D eigenvalue weighted by atomic mass is 16.3. The van der Waals surface area contributed by atoms with E-state index in [4.69, 9.17) is 5.73 Å². The van der Waals surface area contributed by atoms with E-state index >= 15 is 0 Å². The van der Waals surface area contributed by atoms with Crippen molar-refractivity contribution in [3.63, 3.8) is 0 Å². The quantitative estimate of drug-likeness (QED) is 0.798. The summed E-state index contributed by atoms with van der Waals surface area (Å²) in [6, 6.07) is 7.29. The van der Waals surface area contributed by atoms with E-state index < -0.39 is 0 Å². The fourth-order valence-corrected chi connectivity index (χ4v) is 2.22. The zero-order chi connectivity index (χ0) is 12.9. The molecular formula is C14H24N2O. The second kappa shape index (κ2) is 5.92. The lowest BCUT2D eigenvalue weighted by atomic mass is 9.85. The molecule has 0 aliphatic rings. The van der Waals surface area contributed by atoms with Gasteiger partial charge in [0, 0.05) is 19.3 Å². The van der Waals surface area contributed by atoms with Gasteiger partial charge in [-0.3, -0.25) is 0 Å². The lowest BCUT2D eigenvalue weighted by Gasteiger charge is -2.33. The zero-order valence-electron chi connectivity index (χ0n) is 11.1. The number of aromatic hydroxyl groups is 1. The third kappa shape index (κ3) is 3.93. The van der Waals surface area contributed by atoms with Crippen LogP contribution in [0.1, 0.15) is 26.7 Å². The molecular weight excluding hydrogens is 212 g/mol. The van der Waals surface area contributed by atoms with Crippen molar-refractivity contribution in [1.29, 1.82) is 0 Å². The number of benzene rings is 1. The van der Waals surface area contributed by atoms with Gasteiger partial charge in [-0.2, -0.15) is 0 Å². The van der Waals surface area contributed by atoms with Crippen molar-refractivity contribution in [2.24, 2.45) is 11.1 Å². The summed E-state index contributed by atoms with van der Waals surface area (Å²) in [5, 5.41) is 9.26. The molecule has 3 nitrogen and oxygen atoms in total. The fraction of sp³-hybridized carbons (Fsp3) is 0.571. The number of phenols is 1. The van der Waals surface area contributed by atoms with Gasteiger partial charge in [0.2, 0.25) is 0 Å². The predicted molar refractivity (Wildman–Crippen MR) is 73.4 cm³/mol. The summed E-state index contributed by atoms with van der Waals surface area (Å²) in [6.07, 6.45) is 2.28. The smallest absolute Gasteiger partial charge is 0.115 e. The van der Waals surface area contributed by atoms with Crippen LogP contribution in [0.3, 0.4) is 0 Å². The van der Waals surface area contributed by atoms with E-state index in [0.717, 1.165) is 25.1 Å². The summed E-state index contributed by atoms with van der Waals surface area (Å²) in [6.45, 7) is 6.05. The third-order valence-corrected chi connectivity index (χ3v) is 3.26. The van der Waals surface area contributed by atoms with Gasteiger partial charge in [-0.15, -0.1) is 0 Å². The summed E-state index contributed by atoms with van der Waals surface area (Å²) < 4.78 is 0. The molecule has 0 spiro atoms. The van der Waals surface area contributed by atoms with Crippen LogP contribution in [-0.2, 0) is 0 Å². The first-order chi connectivity index (χ1) is 8.00. The molecule has 0 heterocycles. The Morgan fingerprint density at radius 3 is 2.35 bits per heavy atom. The molecule has 0 aliphatic carbocycles. The molecule has 0 saturated heterocycles. The predicted octanol–water partition coefficient (Wildman–Crippen LogP) is 2.59. The standard InChI is InChI=1S/C14H24N2O/c1-4-9-14(2,10-15)11-16(3)12-5-7-13(17)8-6-12/h5-8,17H,4,9-11,15H2,1-3H3. The van der Waals surface area contributed by atoms with E-state index in [1.54, 1.807) is 12.1 Å². The first kappa shape index (κ1) is 13.8. The minimum Gasteiger partial charge on any atom is -0.508 e. The Kier molecular flexibility index (Phi) is 4.82. The van der Waals surface area contributed by atoms with E-state index in [1.807, 2.05) is 12.1 Å². The van der Waals surface area contributed by atoms with Crippen LogP contribution in [0.5, 0.6) is 5.75 Å². The Bertz CT molecular complexity index is 337. The van der Waals surface area contributed by atoms with Gasteiger partial charge in [-0.05, 0) is 42.6 Å². The van der Waals surface area contributed by atoms with Crippen LogP contribution < -0.4 is 10.6 Å². The minimum absolute atomic E-state index is 0.154. The van der Waals surface area contributed by atoms with Gasteiger partial charge in [0.25, 0.3) is 0 Å². The minimum atomic E-state index is 0.154. The molecule has 1 atom stereocenters. The fourth-order valence-electron chi connectivity index (χ4n) is 2.22. The summed E-state index contributed by atoms with van der Waals surface area (Å²) in [5.41, 5.74) is 7.14. The highest BCUT2D eigenvalue weighted by Gasteiger charge is 2.23. The third-order valence-electron chi connectivity index (χ3n) is 3.26. The van der Waals surface area contributed by atoms with Crippen LogP contribution in [0.15, 0.2) is 24.3 Å². The van der Waals surface area contributed by atoms with Crippen molar-refractivity contribution in [3.05, 3.63) is 24.3 Å². The second-order valence-electron chi connectivity index (χ2n) is 5.14. The van der Waals surface area contributed by atoms with Gasteiger partial charge in [0.05, 0.1) is 0 Å². The lowest BCUT2D eigenvalue weighted by Crippen LogP contribution is -2.39. The average Bonchev–Trinajstić information content (AvgIpc) is 2.30. The van der Waals surface area contributed by atoms with E-state index in [0.29, 0.717) is 12.3 Å². The Labute approximate surface area is 104 Å². The van der Waals surface area contributed by atoms with E-state index in [9.17, 15) is 5.11 Å². The molecule has 0 aromatic heterocycles. The van der Waals surface area contributed by atoms with E-state index in [-0.39, 0.29) is 5.41 Å². The molecule has 0 bridgehead atoms. The van der Waals surface area contributed by atoms with Crippen LogP contribution in [0.4, 0.5) is 5.69 Å². The van der Waals surface area contributed by atoms with Gasteiger partial charge in [0.15, 0.2) is 0 Å². The van der Waals surface area contributed by atoms with Crippen LogP contribution in [0.25, 0.3) is 0 Å². The highest BCUT2D eigenvalue weighted by Crippen LogP contribution is 2.26. The van der Waals surface area contributed by atoms with Crippen molar-refractivity contribution < 1.29 is 5.11 Å². The molecule has 3 N–H and O–H groups in total. The summed E-state index contributed by atoms with van der Waals surface area (Å²) in [5.74, 6) is 0.303. The maximum Gasteiger partial charge on any atom is 0.115 e. The van der Waals surface area contributed by atoms with Crippen LogP contribution in [-0.4, -0.2) is 25.2 Å². The summed E-state index contributed by atoms with van der Waals surface area (Å²) in [4.78, 5) is 2.20. The van der Waals surface area contributed by atoms with Crippen LogP contribution >= 0.6 is 0 Å². The number of phenolic OH excluding ortho intramolecular Hbond substituents is 1. The second-order valence-corrected chi connectivity index (χ2v) is 5.14. The molecule has 1 aromatic carbocycles. The number of nitrogens with zero attached hydrogens (tertiary/aromatic N) is 1. The maximum absolute atomic E-state index is 9.26. The van der Waals surface area contributed by atoms with Crippen molar-refractivity contribution in [1.82, 2.24) is 0 Å². The normalized spacial score (nSPS) is 14.4. The average molecular weight is 236 g/mol. The van der Waals surface area contributed by atoms with Gasteiger partial charge in [-0.1, -0.05) is 20.3 Å². The molecule has 1 aromatic rings. The number of nitrogens with two attached hydrogens (primary N) is 1. The van der Waals surface area contributed by atoms with Crippen molar-refractivity contribution >= 4 is 5.69 Å². The van der Waals surface area contributed by atoms with E-state index in [2.05, 4.69) is 25.8 Å². The van der Waals surface area contributed by atoms with Gasteiger partial charge in [-0.25, -0.2) is 0 Å². The van der Waals surface area contributed by atoms with Crippen LogP contribution in [0.2, 0.25) is 0 Å². The van der Waals surface area contributed by atoms with Crippen molar-refractivity contribution in [2.45, 2.75) is 26.7 Å². The molecule has 0 radical (unpaired) electrons. The molecule has 3 heteroatoms. The number of rotatable bonds is 6. The molecule has 17 heavy (non-hydrogen) atoms. The first-order valence-corrected chi connectivity index (χ1v) is 6.21. The molecule has 0 aliphatic heterocycles. The SMILES string of the molecule is CCCC(C)(CN)CN(C)c1ccc(O)cc1. The number of hydrogen-bond donors (Lipinski definition) is 2. The lowest BCUT2D eigenvalue weighted by molar-refractivity contribution is 0.312. The zero-order valence-corrected chi connectivity index (χ0v) is 11.1. The number of anilines is 1.